The van der Waals surface area contributed by atoms with Crippen LogP contribution in [0.1, 0.15) is 5.56 Å². The van der Waals surface area contributed by atoms with Gasteiger partial charge in [-0.15, -0.1) is 0 Å². The van der Waals surface area contributed by atoms with Crippen LogP contribution in [0.15, 0.2) is 12.1 Å². The number of nitrogens with zero attached hydrogens (tertiary/aromatic N) is 6. The molecule has 1 aromatic rings. The first-order valence-electron chi connectivity index (χ1n) is 6.88. The summed E-state index contributed by atoms with van der Waals surface area (Å²) in [6, 6.07) is 4.08. The second-order valence-corrected chi connectivity index (χ2v) is 5.73. The van der Waals surface area contributed by atoms with Gasteiger partial charge >= 0.3 is 0 Å². The van der Waals surface area contributed by atoms with E-state index in [-0.39, 0.29) is 0 Å². The molecule has 6 heteroatoms. The predicted octanol–water partition coefficient (Wildman–Crippen LogP) is 1.91. The van der Waals surface area contributed by atoms with Gasteiger partial charge < -0.3 is 14.4 Å². The van der Waals surface area contributed by atoms with Crippen molar-refractivity contribution in [2.75, 3.05) is 38.0 Å². The molecule has 110 valence electrons. The first-order chi connectivity index (χ1) is 9.90. The molecule has 6 nitrogen and oxygen atoms in total. The van der Waals surface area contributed by atoms with Crippen LogP contribution in [-0.2, 0) is 7.05 Å². The predicted molar refractivity (Wildman–Crippen MR) is 86.3 cm³/mol. The minimum Gasteiger partial charge on any atom is -0.348 e. The Hall–Kier alpha value is -2.37. The second kappa shape index (κ2) is 4.58. The highest BCUT2D eigenvalue weighted by atomic mass is 15.3. The zero-order valence-electron chi connectivity index (χ0n) is 13.3. The first-order valence-corrected chi connectivity index (χ1v) is 6.88. The third kappa shape index (κ3) is 1.98. The van der Waals surface area contributed by atoms with Crippen molar-refractivity contribution in [1.29, 1.82) is 0 Å². The Bertz CT molecular complexity index is 787. The molecule has 2 aliphatic rings. The molecule has 2 heterocycles. The number of rotatable bonds is 2. The van der Waals surface area contributed by atoms with Gasteiger partial charge in [-0.05, 0) is 18.6 Å². The summed E-state index contributed by atoms with van der Waals surface area (Å²) < 4.78 is 2.08. The molecule has 0 radical (unpaired) electrons. The van der Waals surface area contributed by atoms with Crippen molar-refractivity contribution in [2.24, 2.45) is 7.05 Å². The molecule has 0 atom stereocenters. The Kier molecular flexibility index (Phi) is 2.97. The zero-order chi connectivity index (χ0) is 15.3. The van der Waals surface area contributed by atoms with Crippen LogP contribution in [0.25, 0.3) is 22.4 Å². The van der Waals surface area contributed by atoms with Gasteiger partial charge in [0.15, 0.2) is 0 Å². The standard InChI is InChI=1S/C15H20N6/c1-9-7-8-10-12(17-14(16-10)19(2)3)13-11(9)18-15(20(4)5)21(13)6/h7-8H,1-6H3. The Labute approximate surface area is 124 Å². The minimum absolute atomic E-state index is 0.725. The number of aryl methyl sites for hydroxylation is 2. The fraction of sp³-hybridized carbons (Fsp3) is 0.400. The smallest absolute Gasteiger partial charge is 0.226 e. The number of aromatic nitrogens is 4. The lowest BCUT2D eigenvalue weighted by Crippen LogP contribution is -2.13. The van der Waals surface area contributed by atoms with E-state index in [2.05, 4.69) is 22.5 Å². The lowest BCUT2D eigenvalue weighted by molar-refractivity contribution is 0.889. The van der Waals surface area contributed by atoms with Crippen molar-refractivity contribution in [3.63, 3.8) is 0 Å². The Morgan fingerprint density at radius 2 is 1.67 bits per heavy atom. The molecule has 3 rings (SSSR count). The zero-order valence-corrected chi connectivity index (χ0v) is 13.3. The third-order valence-electron chi connectivity index (χ3n) is 3.64. The fourth-order valence-electron chi connectivity index (χ4n) is 2.55. The van der Waals surface area contributed by atoms with Gasteiger partial charge in [-0.1, -0.05) is 6.07 Å². The minimum atomic E-state index is 0.725. The van der Waals surface area contributed by atoms with Gasteiger partial charge in [0.1, 0.15) is 5.69 Å². The summed E-state index contributed by atoms with van der Waals surface area (Å²) in [5.74, 6) is 1.64. The molecule has 1 aliphatic carbocycles. The lowest BCUT2D eigenvalue weighted by Gasteiger charge is -2.11. The molecule has 1 aromatic heterocycles. The van der Waals surface area contributed by atoms with Crippen LogP contribution in [0.4, 0.5) is 11.9 Å². The molecule has 0 saturated heterocycles. The van der Waals surface area contributed by atoms with E-state index in [1.54, 1.807) is 0 Å². The maximum atomic E-state index is 4.76. The van der Waals surface area contributed by atoms with Crippen molar-refractivity contribution in [3.05, 3.63) is 17.7 Å². The van der Waals surface area contributed by atoms with E-state index in [1.165, 1.54) is 0 Å². The van der Waals surface area contributed by atoms with Gasteiger partial charge in [0, 0.05) is 35.2 Å². The van der Waals surface area contributed by atoms with Gasteiger partial charge in [0.2, 0.25) is 11.9 Å². The Morgan fingerprint density at radius 1 is 0.952 bits per heavy atom. The number of hydrogen-bond donors (Lipinski definition) is 0. The van der Waals surface area contributed by atoms with E-state index in [4.69, 9.17) is 9.97 Å². The quantitative estimate of drug-likeness (QED) is 0.719. The molecule has 0 saturated carbocycles. The number of hydrogen-bond acceptors (Lipinski definition) is 5. The molecule has 21 heavy (non-hydrogen) atoms. The number of fused-ring (bicyclic) bond motifs is 3. The summed E-state index contributed by atoms with van der Waals surface area (Å²) >= 11 is 0. The third-order valence-corrected chi connectivity index (χ3v) is 3.64. The molecule has 0 N–H and O–H groups in total. The molecule has 0 unspecified atom stereocenters. The van der Waals surface area contributed by atoms with Crippen LogP contribution in [0, 0.1) is 6.92 Å². The molecule has 0 fully saturated rings. The van der Waals surface area contributed by atoms with E-state index >= 15 is 0 Å². The second-order valence-electron chi connectivity index (χ2n) is 5.73. The van der Waals surface area contributed by atoms with Gasteiger partial charge in [0.25, 0.3) is 0 Å². The molecule has 0 aromatic carbocycles. The first kappa shape index (κ1) is 13.6. The lowest BCUT2D eigenvalue weighted by atomic mass is 10.2. The SMILES string of the molecule is Cc1ccc2nc(N(C)C)nc-2c2c1nc(N(C)C)n2C. The van der Waals surface area contributed by atoms with Gasteiger partial charge in [-0.25, -0.2) is 15.0 Å². The molecular weight excluding hydrogens is 264 g/mol. The van der Waals surface area contributed by atoms with Crippen molar-refractivity contribution >= 4 is 22.9 Å². The monoisotopic (exact) mass is 284 g/mol. The van der Waals surface area contributed by atoms with Crippen LogP contribution in [-0.4, -0.2) is 47.7 Å². The summed E-state index contributed by atoms with van der Waals surface area (Å²) in [6.45, 7) is 2.07. The maximum absolute atomic E-state index is 4.76. The van der Waals surface area contributed by atoms with Crippen LogP contribution in [0.3, 0.4) is 0 Å². The van der Waals surface area contributed by atoms with Crippen molar-refractivity contribution < 1.29 is 0 Å². The molecule has 1 aliphatic heterocycles. The largest absolute Gasteiger partial charge is 0.348 e. The van der Waals surface area contributed by atoms with E-state index in [0.29, 0.717) is 0 Å². The molecule has 0 amide bonds. The summed E-state index contributed by atoms with van der Waals surface area (Å²) in [5.41, 5.74) is 4.91. The fourth-order valence-corrected chi connectivity index (χ4v) is 2.55. The van der Waals surface area contributed by atoms with Crippen molar-refractivity contribution in [1.82, 2.24) is 19.5 Å². The topological polar surface area (TPSA) is 50.1 Å². The van der Waals surface area contributed by atoms with Crippen LogP contribution in [0.5, 0.6) is 0 Å². The van der Waals surface area contributed by atoms with Gasteiger partial charge in [-0.2, -0.15) is 0 Å². The van der Waals surface area contributed by atoms with E-state index in [1.807, 2.05) is 51.1 Å². The molecular formula is C15H20N6. The van der Waals surface area contributed by atoms with E-state index in [9.17, 15) is 0 Å². The summed E-state index contributed by atoms with van der Waals surface area (Å²) in [6.07, 6.45) is 0. The summed E-state index contributed by atoms with van der Waals surface area (Å²) in [7, 11) is 9.91. The molecule has 0 spiro atoms. The average Bonchev–Trinajstić information content (AvgIpc) is 2.94. The van der Waals surface area contributed by atoms with Gasteiger partial charge in [-0.3, -0.25) is 0 Å². The molecule has 0 bridgehead atoms. The highest BCUT2D eigenvalue weighted by Gasteiger charge is 2.20. The Morgan fingerprint density at radius 3 is 2.29 bits per heavy atom. The van der Waals surface area contributed by atoms with Crippen LogP contribution in [0.2, 0.25) is 0 Å². The summed E-state index contributed by atoms with van der Waals surface area (Å²) in [5, 5.41) is 0. The summed E-state index contributed by atoms with van der Waals surface area (Å²) in [4.78, 5) is 18.0. The average molecular weight is 284 g/mol. The normalized spacial score (nSPS) is 11.3. The van der Waals surface area contributed by atoms with Crippen molar-refractivity contribution in [2.45, 2.75) is 6.92 Å². The maximum Gasteiger partial charge on any atom is 0.226 e. The van der Waals surface area contributed by atoms with E-state index in [0.717, 1.165) is 39.9 Å². The number of anilines is 2. The van der Waals surface area contributed by atoms with Crippen LogP contribution >= 0.6 is 0 Å². The van der Waals surface area contributed by atoms with Crippen molar-refractivity contribution in [3.8, 4) is 11.4 Å². The van der Waals surface area contributed by atoms with Gasteiger partial charge in [0.05, 0.1) is 16.7 Å². The Balaban J connectivity index is 2.45. The highest BCUT2D eigenvalue weighted by Crippen LogP contribution is 2.32. The van der Waals surface area contributed by atoms with Crippen LogP contribution < -0.4 is 9.80 Å². The number of imidazole rings is 2. The van der Waals surface area contributed by atoms with E-state index < -0.39 is 0 Å². The highest BCUT2D eigenvalue weighted by molar-refractivity contribution is 5.93.